The summed E-state index contributed by atoms with van der Waals surface area (Å²) >= 11 is 3.24. The number of ether oxygens (including phenoxy) is 1. The molecule has 0 aliphatic rings. The molecular weight excluding hydrogens is 270 g/mol. The molecule has 0 atom stereocenters. The Morgan fingerprint density at radius 1 is 1.36 bits per heavy atom. The first-order valence-corrected chi connectivity index (χ1v) is 7.34. The molecule has 0 N–H and O–H groups in total. The van der Waals surface area contributed by atoms with Gasteiger partial charge in [0.25, 0.3) is 0 Å². The van der Waals surface area contributed by atoms with Crippen molar-refractivity contribution in [1.82, 2.24) is 4.31 Å². The number of nitrogens with zero attached hydrogens (tertiary/aromatic N) is 1. The van der Waals surface area contributed by atoms with Gasteiger partial charge in [-0.15, -0.1) is 0 Å². The Bertz CT molecular complexity index is 231. The van der Waals surface area contributed by atoms with Gasteiger partial charge in [-0.1, -0.05) is 22.9 Å². The van der Waals surface area contributed by atoms with Gasteiger partial charge in [-0.2, -0.15) is 4.31 Å². The number of hydrogen-bond acceptors (Lipinski definition) is 3. The van der Waals surface area contributed by atoms with Crippen LogP contribution in [0.2, 0.25) is 0 Å². The van der Waals surface area contributed by atoms with Gasteiger partial charge in [0.2, 0.25) is 10.0 Å². The van der Waals surface area contributed by atoms with Crippen molar-refractivity contribution in [3.05, 3.63) is 0 Å². The minimum absolute atomic E-state index is 0.212. The number of methoxy groups -OCH3 is 1. The van der Waals surface area contributed by atoms with Crippen molar-refractivity contribution < 1.29 is 13.2 Å². The van der Waals surface area contributed by atoms with E-state index in [9.17, 15) is 8.42 Å². The first-order chi connectivity index (χ1) is 6.58. The quantitative estimate of drug-likeness (QED) is 0.628. The molecule has 0 aromatic heterocycles. The molecule has 4 nitrogen and oxygen atoms in total. The molecule has 0 amide bonds. The molecule has 14 heavy (non-hydrogen) atoms. The van der Waals surface area contributed by atoms with Crippen LogP contribution in [0.1, 0.15) is 13.3 Å². The van der Waals surface area contributed by atoms with Gasteiger partial charge in [-0.05, 0) is 6.42 Å². The lowest BCUT2D eigenvalue weighted by molar-refractivity contribution is 0.181. The lowest BCUT2D eigenvalue weighted by atomic mass is 10.6. The average Bonchev–Trinajstić information content (AvgIpc) is 2.11. The van der Waals surface area contributed by atoms with Crippen LogP contribution >= 0.6 is 15.9 Å². The Kier molecular flexibility index (Phi) is 7.81. The van der Waals surface area contributed by atoms with Gasteiger partial charge in [0.1, 0.15) is 0 Å². The van der Waals surface area contributed by atoms with Crippen LogP contribution in [0.3, 0.4) is 0 Å². The first-order valence-electron chi connectivity index (χ1n) is 4.61. The molecule has 6 heteroatoms. The van der Waals surface area contributed by atoms with Gasteiger partial charge in [0, 0.05) is 25.5 Å². The van der Waals surface area contributed by atoms with Gasteiger partial charge < -0.3 is 4.74 Å². The molecule has 0 spiro atoms. The van der Waals surface area contributed by atoms with Crippen molar-refractivity contribution >= 4 is 26.0 Å². The Hall–Kier alpha value is 0.350. The van der Waals surface area contributed by atoms with E-state index in [2.05, 4.69) is 15.9 Å². The molecule has 0 fully saturated rings. The van der Waals surface area contributed by atoms with Crippen molar-refractivity contribution in [2.75, 3.05) is 37.9 Å². The summed E-state index contributed by atoms with van der Waals surface area (Å²) in [7, 11) is -1.52. The van der Waals surface area contributed by atoms with E-state index in [1.54, 1.807) is 7.11 Å². The molecule has 0 aromatic rings. The molecule has 0 bridgehead atoms. The monoisotopic (exact) mass is 287 g/mol. The second-order valence-electron chi connectivity index (χ2n) is 2.90. The van der Waals surface area contributed by atoms with Crippen molar-refractivity contribution in [2.24, 2.45) is 0 Å². The van der Waals surface area contributed by atoms with Crippen molar-refractivity contribution in [3.8, 4) is 0 Å². The molecule has 0 aliphatic carbocycles. The third-order valence-corrected chi connectivity index (χ3v) is 4.16. The fraction of sp³-hybridized carbons (Fsp3) is 1.00. The van der Waals surface area contributed by atoms with E-state index in [0.717, 1.165) is 0 Å². The normalized spacial score (nSPS) is 12.3. The highest BCUT2D eigenvalue weighted by molar-refractivity contribution is 9.09. The predicted molar refractivity (Wildman–Crippen MR) is 61.3 cm³/mol. The number of alkyl halides is 1. The van der Waals surface area contributed by atoms with Crippen molar-refractivity contribution in [1.29, 1.82) is 0 Å². The van der Waals surface area contributed by atoms with Crippen LogP contribution in [0.4, 0.5) is 0 Å². The van der Waals surface area contributed by atoms with Crippen LogP contribution < -0.4 is 0 Å². The van der Waals surface area contributed by atoms with E-state index in [1.807, 2.05) is 6.92 Å². The van der Waals surface area contributed by atoms with E-state index in [4.69, 9.17) is 4.74 Å². The van der Waals surface area contributed by atoms with E-state index in [1.165, 1.54) is 4.31 Å². The van der Waals surface area contributed by atoms with E-state index in [-0.39, 0.29) is 5.75 Å². The van der Waals surface area contributed by atoms with Crippen LogP contribution in [-0.4, -0.2) is 50.6 Å². The van der Waals surface area contributed by atoms with Crippen LogP contribution in [-0.2, 0) is 14.8 Å². The van der Waals surface area contributed by atoms with Crippen LogP contribution in [0, 0.1) is 0 Å². The summed E-state index contributed by atoms with van der Waals surface area (Å²) in [5.74, 6) is 0.212. The molecule has 0 rings (SSSR count). The van der Waals surface area contributed by atoms with Gasteiger partial charge in [0.05, 0.1) is 12.4 Å². The third-order valence-electron chi connectivity index (χ3n) is 1.73. The predicted octanol–water partition coefficient (Wildman–Crippen LogP) is 1.07. The second-order valence-corrected chi connectivity index (χ2v) is 5.78. The Balaban J connectivity index is 4.30. The zero-order valence-electron chi connectivity index (χ0n) is 8.70. The number of sulfonamides is 1. The van der Waals surface area contributed by atoms with Crippen LogP contribution in [0.25, 0.3) is 0 Å². The van der Waals surface area contributed by atoms with Gasteiger partial charge in [-0.25, -0.2) is 8.42 Å². The fourth-order valence-corrected chi connectivity index (χ4v) is 3.22. The van der Waals surface area contributed by atoms with E-state index >= 15 is 0 Å². The highest BCUT2D eigenvalue weighted by atomic mass is 79.9. The fourth-order valence-electron chi connectivity index (χ4n) is 1.06. The summed E-state index contributed by atoms with van der Waals surface area (Å²) in [6.45, 7) is 3.24. The van der Waals surface area contributed by atoms with Gasteiger partial charge >= 0.3 is 0 Å². The summed E-state index contributed by atoms with van der Waals surface area (Å²) in [5, 5.41) is 0.652. The maximum atomic E-state index is 11.7. The molecule has 86 valence electrons. The minimum Gasteiger partial charge on any atom is -0.383 e. The Labute approximate surface area is 94.8 Å². The summed E-state index contributed by atoms with van der Waals surface area (Å²) in [6.07, 6.45) is 0.647. The highest BCUT2D eigenvalue weighted by Gasteiger charge is 2.19. The topological polar surface area (TPSA) is 46.6 Å². The molecular formula is C8H18BrNO3S. The summed E-state index contributed by atoms with van der Waals surface area (Å²) in [5.41, 5.74) is 0. The Morgan fingerprint density at radius 3 is 2.43 bits per heavy atom. The zero-order chi connectivity index (χ0) is 11.0. The summed E-state index contributed by atoms with van der Waals surface area (Å²) in [6, 6.07) is 0. The smallest absolute Gasteiger partial charge is 0.214 e. The Morgan fingerprint density at radius 2 is 2.00 bits per heavy atom. The minimum atomic E-state index is -3.08. The number of hydrogen-bond donors (Lipinski definition) is 0. The lowest BCUT2D eigenvalue weighted by Crippen LogP contribution is -2.36. The first kappa shape index (κ1) is 14.3. The molecule has 0 aromatic carbocycles. The second kappa shape index (κ2) is 7.62. The van der Waals surface area contributed by atoms with Gasteiger partial charge in [-0.3, -0.25) is 0 Å². The molecule has 0 heterocycles. The SMILES string of the molecule is CCCS(=O)(=O)N(CCBr)CCOC. The maximum Gasteiger partial charge on any atom is 0.214 e. The molecule has 0 aliphatic heterocycles. The van der Waals surface area contributed by atoms with Gasteiger partial charge in [0.15, 0.2) is 0 Å². The maximum absolute atomic E-state index is 11.7. The summed E-state index contributed by atoms with van der Waals surface area (Å²) in [4.78, 5) is 0. The van der Waals surface area contributed by atoms with Crippen LogP contribution in [0.5, 0.6) is 0 Å². The zero-order valence-corrected chi connectivity index (χ0v) is 11.1. The average molecular weight is 288 g/mol. The molecule has 0 radical (unpaired) electrons. The number of halogens is 1. The van der Waals surface area contributed by atoms with Crippen molar-refractivity contribution in [2.45, 2.75) is 13.3 Å². The van der Waals surface area contributed by atoms with Crippen molar-refractivity contribution in [3.63, 3.8) is 0 Å². The van der Waals surface area contributed by atoms with Crippen LogP contribution in [0.15, 0.2) is 0 Å². The highest BCUT2D eigenvalue weighted by Crippen LogP contribution is 2.04. The summed E-state index contributed by atoms with van der Waals surface area (Å²) < 4.78 is 29.7. The van der Waals surface area contributed by atoms with E-state index < -0.39 is 10.0 Å². The van der Waals surface area contributed by atoms with E-state index in [0.29, 0.717) is 31.4 Å². The lowest BCUT2D eigenvalue weighted by Gasteiger charge is -2.20. The standard InChI is InChI=1S/C8H18BrNO3S/c1-3-8-14(11,12)10(5-4-9)6-7-13-2/h3-8H2,1-2H3. The molecule has 0 saturated heterocycles. The third kappa shape index (κ3) is 5.29. The largest absolute Gasteiger partial charge is 0.383 e. The number of rotatable bonds is 8. The molecule has 0 unspecified atom stereocenters. The molecule has 0 saturated carbocycles.